The second kappa shape index (κ2) is 10.7. The Labute approximate surface area is 206 Å². The number of carbonyl (C=O) groups is 2. The van der Waals surface area contributed by atoms with Crippen molar-refractivity contribution < 1.29 is 23.8 Å². The fourth-order valence-corrected chi connectivity index (χ4v) is 4.19. The summed E-state index contributed by atoms with van der Waals surface area (Å²) in [6.45, 7) is 5.73. The van der Waals surface area contributed by atoms with Crippen molar-refractivity contribution in [3.05, 3.63) is 95.6 Å². The average molecular weight is 474 g/mol. The number of ether oxygens (including phenoxy) is 3. The number of hydrogen-bond donors (Lipinski definition) is 1. The van der Waals surface area contributed by atoms with Gasteiger partial charge in [0, 0.05) is 5.92 Å². The summed E-state index contributed by atoms with van der Waals surface area (Å²) in [5.74, 6) is -0.635. The number of rotatable bonds is 8. The van der Waals surface area contributed by atoms with Crippen LogP contribution < -0.4 is 5.32 Å². The first-order valence-corrected chi connectivity index (χ1v) is 11.8. The van der Waals surface area contributed by atoms with Gasteiger partial charge in [-0.3, -0.25) is 0 Å². The van der Waals surface area contributed by atoms with Gasteiger partial charge in [-0.15, -0.1) is 0 Å². The molecule has 0 aromatic heterocycles. The van der Waals surface area contributed by atoms with Crippen molar-refractivity contribution in [3.8, 4) is 11.1 Å². The van der Waals surface area contributed by atoms with Crippen LogP contribution in [0.4, 0.5) is 4.79 Å². The molecule has 1 aliphatic rings. The van der Waals surface area contributed by atoms with Crippen LogP contribution in [0, 0.1) is 0 Å². The summed E-state index contributed by atoms with van der Waals surface area (Å²) in [6, 6.07) is 24.9. The first-order valence-electron chi connectivity index (χ1n) is 11.8. The van der Waals surface area contributed by atoms with Crippen LogP contribution in [-0.4, -0.2) is 36.9 Å². The molecule has 0 heterocycles. The highest BCUT2D eigenvalue weighted by molar-refractivity contribution is 5.82. The summed E-state index contributed by atoms with van der Waals surface area (Å²) in [7, 11) is 0. The number of alkyl carbamates (subject to hydrolysis) is 1. The van der Waals surface area contributed by atoms with E-state index in [1.807, 2.05) is 54.6 Å². The van der Waals surface area contributed by atoms with Crippen LogP contribution in [-0.2, 0) is 25.6 Å². The minimum Gasteiger partial charge on any atom is -0.463 e. The van der Waals surface area contributed by atoms with Crippen molar-refractivity contribution in [1.82, 2.24) is 5.32 Å². The Morgan fingerprint density at radius 1 is 0.857 bits per heavy atom. The van der Waals surface area contributed by atoms with Crippen molar-refractivity contribution in [3.63, 3.8) is 0 Å². The number of nitrogens with one attached hydrogen (secondary N) is 1. The molecule has 0 radical (unpaired) electrons. The molecule has 0 fully saturated rings. The molecule has 6 nitrogen and oxygen atoms in total. The molecule has 0 spiro atoms. The van der Waals surface area contributed by atoms with E-state index >= 15 is 0 Å². The monoisotopic (exact) mass is 473 g/mol. The molecule has 182 valence electrons. The maximum absolute atomic E-state index is 13.1. The highest BCUT2D eigenvalue weighted by Gasteiger charge is 2.31. The number of esters is 1. The summed E-state index contributed by atoms with van der Waals surface area (Å²) in [5.41, 5.74) is 4.83. The SMILES string of the molecule is CC(C)(C)OC(=O)N[C@@H](COCc1ccccc1)C(=O)OCC1c2ccccc2-c2ccccc21. The van der Waals surface area contributed by atoms with Crippen LogP contribution in [0.2, 0.25) is 0 Å². The van der Waals surface area contributed by atoms with Gasteiger partial charge in [-0.2, -0.15) is 0 Å². The van der Waals surface area contributed by atoms with E-state index in [1.165, 1.54) is 0 Å². The first kappa shape index (κ1) is 24.5. The third-order valence-corrected chi connectivity index (χ3v) is 5.73. The molecule has 35 heavy (non-hydrogen) atoms. The average Bonchev–Trinajstić information content (AvgIpc) is 3.15. The Balaban J connectivity index is 1.43. The number of fused-ring (bicyclic) bond motifs is 3. The zero-order chi connectivity index (χ0) is 24.8. The van der Waals surface area contributed by atoms with E-state index < -0.39 is 23.7 Å². The highest BCUT2D eigenvalue weighted by atomic mass is 16.6. The molecule has 1 aliphatic carbocycles. The van der Waals surface area contributed by atoms with Gasteiger partial charge in [0.15, 0.2) is 6.04 Å². The second-order valence-corrected chi connectivity index (χ2v) is 9.56. The third kappa shape index (κ3) is 6.28. The summed E-state index contributed by atoms with van der Waals surface area (Å²) in [6.07, 6.45) is -0.695. The van der Waals surface area contributed by atoms with E-state index in [0.717, 1.165) is 27.8 Å². The molecular weight excluding hydrogens is 442 g/mol. The minimum atomic E-state index is -1.000. The zero-order valence-corrected chi connectivity index (χ0v) is 20.3. The first-order chi connectivity index (χ1) is 16.8. The molecule has 4 rings (SSSR count). The Morgan fingerprint density at radius 3 is 2.03 bits per heavy atom. The molecule has 3 aromatic rings. The van der Waals surface area contributed by atoms with E-state index in [9.17, 15) is 9.59 Å². The molecule has 1 atom stereocenters. The second-order valence-electron chi connectivity index (χ2n) is 9.56. The van der Waals surface area contributed by atoms with Crippen molar-refractivity contribution in [2.24, 2.45) is 0 Å². The van der Waals surface area contributed by atoms with Gasteiger partial charge in [0.05, 0.1) is 13.2 Å². The molecule has 1 N–H and O–H groups in total. The van der Waals surface area contributed by atoms with Gasteiger partial charge in [-0.25, -0.2) is 9.59 Å². The Bertz CT molecular complexity index is 1120. The molecule has 3 aromatic carbocycles. The van der Waals surface area contributed by atoms with E-state index in [0.29, 0.717) is 6.61 Å². The van der Waals surface area contributed by atoms with Crippen LogP contribution >= 0.6 is 0 Å². The number of hydrogen-bond acceptors (Lipinski definition) is 5. The molecule has 0 saturated heterocycles. The van der Waals surface area contributed by atoms with Crippen molar-refractivity contribution in [1.29, 1.82) is 0 Å². The summed E-state index contributed by atoms with van der Waals surface area (Å²) >= 11 is 0. The van der Waals surface area contributed by atoms with Gasteiger partial charge >= 0.3 is 12.1 Å². The van der Waals surface area contributed by atoms with Gasteiger partial charge < -0.3 is 19.5 Å². The summed E-state index contributed by atoms with van der Waals surface area (Å²) < 4.78 is 16.8. The molecule has 0 unspecified atom stereocenters. The molecule has 0 aliphatic heterocycles. The van der Waals surface area contributed by atoms with Crippen LogP contribution in [0.3, 0.4) is 0 Å². The number of benzene rings is 3. The van der Waals surface area contributed by atoms with Crippen molar-refractivity contribution >= 4 is 12.1 Å². The standard InChI is InChI=1S/C29H31NO5/c1-29(2,3)35-28(32)30-26(19-33-17-20-11-5-4-6-12-20)27(31)34-18-25-23-15-9-7-13-21(23)22-14-8-10-16-24(22)25/h4-16,25-26H,17-19H2,1-3H3,(H,30,32)/t26-/m0/s1. The van der Waals surface area contributed by atoms with E-state index in [-0.39, 0.29) is 19.1 Å². The highest BCUT2D eigenvalue weighted by Crippen LogP contribution is 2.44. The van der Waals surface area contributed by atoms with Gasteiger partial charge in [-0.1, -0.05) is 78.9 Å². The smallest absolute Gasteiger partial charge is 0.408 e. The third-order valence-electron chi connectivity index (χ3n) is 5.73. The number of carbonyl (C=O) groups excluding carboxylic acids is 2. The van der Waals surface area contributed by atoms with Crippen LogP contribution in [0.5, 0.6) is 0 Å². The summed E-state index contributed by atoms with van der Waals surface area (Å²) in [4.78, 5) is 25.5. The maximum Gasteiger partial charge on any atom is 0.408 e. The van der Waals surface area contributed by atoms with Gasteiger partial charge in [0.25, 0.3) is 0 Å². The minimum absolute atomic E-state index is 0.0369. The lowest BCUT2D eigenvalue weighted by molar-refractivity contribution is -0.148. The molecule has 0 bridgehead atoms. The maximum atomic E-state index is 13.1. The molecule has 0 saturated carbocycles. The predicted molar refractivity (Wildman–Crippen MR) is 134 cm³/mol. The lowest BCUT2D eigenvalue weighted by Crippen LogP contribution is -2.47. The topological polar surface area (TPSA) is 73.9 Å². The van der Waals surface area contributed by atoms with Crippen molar-refractivity contribution in [2.45, 2.75) is 44.9 Å². The normalized spacial score (nSPS) is 13.5. The fourth-order valence-electron chi connectivity index (χ4n) is 4.19. The Hall–Kier alpha value is -3.64. The lowest BCUT2D eigenvalue weighted by atomic mass is 9.98. The number of amides is 1. The van der Waals surface area contributed by atoms with Gasteiger partial charge in [-0.05, 0) is 48.6 Å². The largest absolute Gasteiger partial charge is 0.463 e. The van der Waals surface area contributed by atoms with Crippen LogP contribution in [0.25, 0.3) is 11.1 Å². The zero-order valence-electron chi connectivity index (χ0n) is 20.3. The predicted octanol–water partition coefficient (Wildman–Crippen LogP) is 5.45. The Morgan fingerprint density at radius 2 is 1.43 bits per heavy atom. The molecule has 6 heteroatoms. The fraction of sp³-hybridized carbons (Fsp3) is 0.310. The van der Waals surface area contributed by atoms with E-state index in [1.54, 1.807) is 20.8 Å². The van der Waals surface area contributed by atoms with E-state index in [4.69, 9.17) is 14.2 Å². The molecule has 1 amide bonds. The van der Waals surface area contributed by atoms with Crippen molar-refractivity contribution in [2.75, 3.05) is 13.2 Å². The van der Waals surface area contributed by atoms with E-state index in [2.05, 4.69) is 29.6 Å². The van der Waals surface area contributed by atoms with Gasteiger partial charge in [0.1, 0.15) is 12.2 Å². The quantitative estimate of drug-likeness (QED) is 0.440. The lowest BCUT2D eigenvalue weighted by Gasteiger charge is -2.23. The Kier molecular flexibility index (Phi) is 7.51. The summed E-state index contributed by atoms with van der Waals surface area (Å²) in [5, 5.41) is 2.61. The molecular formula is C29H31NO5. The van der Waals surface area contributed by atoms with Crippen LogP contribution in [0.15, 0.2) is 78.9 Å². The van der Waals surface area contributed by atoms with Gasteiger partial charge in [0.2, 0.25) is 0 Å². The van der Waals surface area contributed by atoms with Crippen LogP contribution in [0.1, 0.15) is 43.4 Å².